The van der Waals surface area contributed by atoms with Crippen LogP contribution < -0.4 is 4.74 Å². The average molecular weight is 382 g/mol. The van der Waals surface area contributed by atoms with Crippen LogP contribution in [0.3, 0.4) is 0 Å². The second kappa shape index (κ2) is 8.31. The lowest BCUT2D eigenvalue weighted by Gasteiger charge is -2.35. The number of hydrogen-bond donors (Lipinski definition) is 0. The number of hydrogen-bond acceptors (Lipinski definition) is 3. The van der Waals surface area contributed by atoms with Gasteiger partial charge in [0.15, 0.2) is 11.6 Å². The molecule has 0 saturated carbocycles. The number of methoxy groups -OCH3 is 1. The van der Waals surface area contributed by atoms with Gasteiger partial charge in [0, 0.05) is 38.3 Å². The topological polar surface area (TPSA) is 32.8 Å². The number of fused-ring (bicyclic) bond motifs is 1. The Kier molecular flexibility index (Phi) is 5.62. The minimum atomic E-state index is -0.332. The monoisotopic (exact) mass is 382 g/mol. The summed E-state index contributed by atoms with van der Waals surface area (Å²) in [5.41, 5.74) is 4.48. The van der Waals surface area contributed by atoms with Gasteiger partial charge in [-0.1, -0.05) is 12.1 Å². The smallest absolute Gasteiger partial charge is 0.253 e. The van der Waals surface area contributed by atoms with Crippen LogP contribution in [-0.2, 0) is 19.4 Å². The molecule has 1 amide bonds. The quantitative estimate of drug-likeness (QED) is 0.809. The summed E-state index contributed by atoms with van der Waals surface area (Å²) in [4.78, 5) is 17.1. The summed E-state index contributed by atoms with van der Waals surface area (Å²) in [6.45, 7) is 3.68. The third-order valence-corrected chi connectivity index (χ3v) is 5.88. The predicted molar refractivity (Wildman–Crippen MR) is 107 cm³/mol. The zero-order chi connectivity index (χ0) is 19.5. The third-order valence-electron chi connectivity index (χ3n) is 5.88. The van der Waals surface area contributed by atoms with Gasteiger partial charge in [-0.25, -0.2) is 4.39 Å². The normalized spacial score (nSPS) is 17.3. The molecule has 0 bridgehead atoms. The number of rotatable bonds is 4. The van der Waals surface area contributed by atoms with Gasteiger partial charge in [0.25, 0.3) is 5.91 Å². The lowest BCUT2D eigenvalue weighted by molar-refractivity contribution is 0.0628. The van der Waals surface area contributed by atoms with Crippen molar-refractivity contribution in [2.45, 2.75) is 32.2 Å². The first kappa shape index (κ1) is 18.9. The highest BCUT2D eigenvalue weighted by Crippen LogP contribution is 2.23. The van der Waals surface area contributed by atoms with Gasteiger partial charge in [0.1, 0.15) is 0 Å². The molecule has 1 fully saturated rings. The number of aryl methyl sites for hydroxylation is 2. The lowest BCUT2D eigenvalue weighted by atomic mass is 9.90. The van der Waals surface area contributed by atoms with E-state index in [0.29, 0.717) is 19.6 Å². The van der Waals surface area contributed by atoms with Crippen molar-refractivity contribution < 1.29 is 13.9 Å². The van der Waals surface area contributed by atoms with Gasteiger partial charge in [-0.3, -0.25) is 9.69 Å². The fraction of sp³-hybridized carbons (Fsp3) is 0.435. The summed E-state index contributed by atoms with van der Waals surface area (Å²) in [7, 11) is 1.47. The van der Waals surface area contributed by atoms with Crippen molar-refractivity contribution in [3.63, 3.8) is 0 Å². The number of carbonyl (C=O) groups is 1. The van der Waals surface area contributed by atoms with Crippen molar-refractivity contribution in [2.24, 2.45) is 0 Å². The van der Waals surface area contributed by atoms with Crippen LogP contribution in [0.1, 0.15) is 39.9 Å². The molecule has 2 aromatic rings. The molecule has 1 saturated heterocycles. The van der Waals surface area contributed by atoms with E-state index in [0.717, 1.165) is 37.1 Å². The van der Waals surface area contributed by atoms with Gasteiger partial charge >= 0.3 is 0 Å². The summed E-state index contributed by atoms with van der Waals surface area (Å²) in [6, 6.07) is 11.3. The molecule has 0 aromatic heterocycles. The van der Waals surface area contributed by atoms with E-state index in [1.807, 2.05) is 17.0 Å². The maximum absolute atomic E-state index is 13.9. The van der Waals surface area contributed by atoms with Crippen molar-refractivity contribution in [1.82, 2.24) is 9.80 Å². The number of amides is 1. The molecule has 0 atom stereocenters. The van der Waals surface area contributed by atoms with Gasteiger partial charge in [0.2, 0.25) is 0 Å². The van der Waals surface area contributed by atoms with Crippen LogP contribution in [0.15, 0.2) is 36.4 Å². The van der Waals surface area contributed by atoms with E-state index in [1.165, 1.54) is 37.1 Å². The predicted octanol–water partition coefficient (Wildman–Crippen LogP) is 3.67. The molecule has 4 nitrogen and oxygen atoms in total. The standard InChI is InChI=1S/C23H27FN2O2/c1-28-22-9-6-17(14-21(22)24)16-25-10-12-26(13-11-25)23(27)20-8-7-18-4-2-3-5-19(18)15-20/h6-9,14-15H,2-5,10-13,16H2,1H3. The van der Waals surface area contributed by atoms with E-state index in [9.17, 15) is 9.18 Å². The Morgan fingerprint density at radius 2 is 1.75 bits per heavy atom. The fourth-order valence-corrected chi connectivity index (χ4v) is 4.22. The van der Waals surface area contributed by atoms with Gasteiger partial charge in [0.05, 0.1) is 7.11 Å². The number of benzene rings is 2. The number of nitrogens with zero attached hydrogens (tertiary/aromatic N) is 2. The summed E-state index contributed by atoms with van der Waals surface area (Å²) in [5.74, 6) is 0.0638. The summed E-state index contributed by atoms with van der Waals surface area (Å²) >= 11 is 0. The van der Waals surface area contributed by atoms with Gasteiger partial charge < -0.3 is 9.64 Å². The molecule has 148 valence electrons. The molecule has 0 N–H and O–H groups in total. The van der Waals surface area contributed by atoms with Crippen molar-refractivity contribution >= 4 is 5.91 Å². The van der Waals surface area contributed by atoms with E-state index in [-0.39, 0.29) is 17.5 Å². The molecule has 2 aliphatic rings. The molecular weight excluding hydrogens is 355 g/mol. The van der Waals surface area contributed by atoms with Crippen LogP contribution in [0.5, 0.6) is 5.75 Å². The number of halogens is 1. The Morgan fingerprint density at radius 1 is 1.00 bits per heavy atom. The minimum absolute atomic E-state index is 0.128. The molecule has 0 spiro atoms. The van der Waals surface area contributed by atoms with E-state index < -0.39 is 0 Å². The number of ether oxygens (including phenoxy) is 1. The molecule has 4 rings (SSSR count). The Balaban J connectivity index is 1.35. The van der Waals surface area contributed by atoms with E-state index >= 15 is 0 Å². The van der Waals surface area contributed by atoms with Crippen LogP contribution in [0, 0.1) is 5.82 Å². The molecule has 2 aromatic carbocycles. The molecular formula is C23H27FN2O2. The highest BCUT2D eigenvalue weighted by atomic mass is 19.1. The average Bonchev–Trinajstić information content (AvgIpc) is 2.73. The van der Waals surface area contributed by atoms with Crippen LogP contribution in [0.4, 0.5) is 4.39 Å². The molecule has 0 unspecified atom stereocenters. The Morgan fingerprint density at radius 3 is 2.46 bits per heavy atom. The third kappa shape index (κ3) is 4.04. The maximum Gasteiger partial charge on any atom is 0.253 e. The second-order valence-corrected chi connectivity index (χ2v) is 7.73. The van der Waals surface area contributed by atoms with E-state index in [2.05, 4.69) is 17.0 Å². The zero-order valence-corrected chi connectivity index (χ0v) is 16.4. The van der Waals surface area contributed by atoms with Crippen molar-refractivity contribution in [1.29, 1.82) is 0 Å². The SMILES string of the molecule is COc1ccc(CN2CCN(C(=O)c3ccc4c(c3)CCCC4)CC2)cc1F. The van der Waals surface area contributed by atoms with Crippen LogP contribution >= 0.6 is 0 Å². The van der Waals surface area contributed by atoms with Crippen LogP contribution in [0.2, 0.25) is 0 Å². The van der Waals surface area contributed by atoms with Crippen LogP contribution in [0.25, 0.3) is 0 Å². The molecule has 28 heavy (non-hydrogen) atoms. The highest BCUT2D eigenvalue weighted by Gasteiger charge is 2.23. The molecule has 0 radical (unpaired) electrons. The largest absolute Gasteiger partial charge is 0.494 e. The number of piperazine rings is 1. The Bertz CT molecular complexity index is 860. The van der Waals surface area contributed by atoms with E-state index in [4.69, 9.17) is 4.74 Å². The first-order valence-electron chi connectivity index (χ1n) is 10.1. The molecule has 1 heterocycles. The van der Waals surface area contributed by atoms with Crippen molar-refractivity contribution in [3.8, 4) is 5.75 Å². The second-order valence-electron chi connectivity index (χ2n) is 7.73. The van der Waals surface area contributed by atoms with Gasteiger partial charge in [-0.2, -0.15) is 0 Å². The Labute approximate surface area is 165 Å². The first-order valence-corrected chi connectivity index (χ1v) is 10.1. The molecule has 5 heteroatoms. The molecule has 1 aliphatic heterocycles. The number of carbonyl (C=O) groups excluding carboxylic acids is 1. The van der Waals surface area contributed by atoms with Crippen molar-refractivity contribution in [2.75, 3.05) is 33.3 Å². The van der Waals surface area contributed by atoms with Crippen molar-refractivity contribution in [3.05, 3.63) is 64.5 Å². The lowest BCUT2D eigenvalue weighted by Crippen LogP contribution is -2.48. The van der Waals surface area contributed by atoms with Gasteiger partial charge in [-0.15, -0.1) is 0 Å². The Hall–Kier alpha value is -2.40. The zero-order valence-electron chi connectivity index (χ0n) is 16.4. The van der Waals surface area contributed by atoms with E-state index in [1.54, 1.807) is 6.07 Å². The molecule has 1 aliphatic carbocycles. The summed E-state index contributed by atoms with van der Waals surface area (Å²) in [6.07, 6.45) is 4.69. The van der Waals surface area contributed by atoms with Gasteiger partial charge in [-0.05, 0) is 66.6 Å². The first-order chi connectivity index (χ1) is 13.6. The maximum atomic E-state index is 13.9. The minimum Gasteiger partial charge on any atom is -0.494 e. The highest BCUT2D eigenvalue weighted by molar-refractivity contribution is 5.94. The summed E-state index contributed by atoms with van der Waals surface area (Å²) < 4.78 is 18.9. The summed E-state index contributed by atoms with van der Waals surface area (Å²) in [5, 5.41) is 0. The fourth-order valence-electron chi connectivity index (χ4n) is 4.22. The van der Waals surface area contributed by atoms with Crippen LogP contribution in [-0.4, -0.2) is 49.0 Å².